The Bertz CT molecular complexity index is 904. The summed E-state index contributed by atoms with van der Waals surface area (Å²) in [6, 6.07) is 9.26. The van der Waals surface area contributed by atoms with Crippen molar-refractivity contribution in [2.24, 2.45) is 0 Å². The zero-order chi connectivity index (χ0) is 16.0. The summed E-state index contributed by atoms with van der Waals surface area (Å²) in [6.07, 6.45) is 2.96. The molecule has 1 aromatic carbocycles. The summed E-state index contributed by atoms with van der Waals surface area (Å²) < 4.78 is 1.46. The Labute approximate surface area is 131 Å². The zero-order valence-electron chi connectivity index (χ0n) is 12.3. The average molecular weight is 309 g/mol. The summed E-state index contributed by atoms with van der Waals surface area (Å²) >= 11 is 0. The number of nitrogens with zero attached hydrogens (tertiary/aromatic N) is 4. The van der Waals surface area contributed by atoms with Gasteiger partial charge in [-0.3, -0.25) is 4.98 Å². The second-order valence-corrected chi connectivity index (χ2v) is 5.71. The fourth-order valence-electron chi connectivity index (χ4n) is 3.25. The van der Waals surface area contributed by atoms with Gasteiger partial charge in [0.2, 0.25) is 5.95 Å². The molecule has 0 saturated carbocycles. The van der Waals surface area contributed by atoms with Gasteiger partial charge in [0.25, 0.3) is 0 Å². The fraction of sp³-hybridized carbons (Fsp3) is 0.250. The van der Waals surface area contributed by atoms with E-state index in [0.717, 1.165) is 16.5 Å². The van der Waals surface area contributed by atoms with E-state index in [-0.39, 0.29) is 11.9 Å². The number of carboxylic acid groups (broad SMARTS) is 1. The van der Waals surface area contributed by atoms with Crippen LogP contribution in [0, 0.1) is 0 Å². The first-order chi connectivity index (χ1) is 11.1. The lowest BCUT2D eigenvalue weighted by atomic mass is 9.88. The third kappa shape index (κ3) is 2.21. The van der Waals surface area contributed by atoms with Crippen LogP contribution in [-0.2, 0) is 4.79 Å². The minimum Gasteiger partial charge on any atom is -0.480 e. The van der Waals surface area contributed by atoms with Gasteiger partial charge in [0.05, 0.1) is 5.52 Å². The molecule has 2 atom stereocenters. The summed E-state index contributed by atoms with van der Waals surface area (Å²) in [6.45, 7) is 0. The molecule has 7 heteroatoms. The molecule has 23 heavy (non-hydrogen) atoms. The minimum atomic E-state index is -0.905. The number of nitrogens with two attached hydrogens (primary N) is 1. The SMILES string of the molecule is Nc1nc2n(n1)C(C(=O)O)CCC2c1ccc2ncccc2c1. The van der Waals surface area contributed by atoms with Crippen LogP contribution < -0.4 is 5.73 Å². The first-order valence-corrected chi connectivity index (χ1v) is 7.43. The lowest BCUT2D eigenvalue weighted by molar-refractivity contribution is -0.141. The quantitative estimate of drug-likeness (QED) is 0.749. The van der Waals surface area contributed by atoms with Crippen molar-refractivity contribution >= 4 is 22.8 Å². The number of hydrogen-bond donors (Lipinski definition) is 2. The second kappa shape index (κ2) is 5.05. The summed E-state index contributed by atoms with van der Waals surface area (Å²) in [7, 11) is 0. The molecule has 7 nitrogen and oxygen atoms in total. The number of anilines is 1. The van der Waals surface area contributed by atoms with Crippen LogP contribution >= 0.6 is 0 Å². The van der Waals surface area contributed by atoms with Crippen molar-refractivity contribution in [3.63, 3.8) is 0 Å². The Morgan fingerprint density at radius 3 is 3.00 bits per heavy atom. The lowest BCUT2D eigenvalue weighted by Crippen LogP contribution is -2.28. The van der Waals surface area contributed by atoms with Crippen LogP contribution in [0.15, 0.2) is 36.5 Å². The number of aliphatic carboxylic acids is 1. The maximum absolute atomic E-state index is 11.4. The fourth-order valence-corrected chi connectivity index (χ4v) is 3.25. The average Bonchev–Trinajstić information content (AvgIpc) is 2.94. The predicted molar refractivity (Wildman–Crippen MR) is 83.9 cm³/mol. The molecule has 3 aromatic rings. The van der Waals surface area contributed by atoms with Crippen LogP contribution in [0.2, 0.25) is 0 Å². The zero-order valence-corrected chi connectivity index (χ0v) is 12.3. The van der Waals surface area contributed by atoms with E-state index in [1.807, 2.05) is 24.3 Å². The number of fused-ring (bicyclic) bond motifs is 2. The van der Waals surface area contributed by atoms with Crippen molar-refractivity contribution in [3.05, 3.63) is 47.9 Å². The van der Waals surface area contributed by atoms with Crippen LogP contribution in [0.25, 0.3) is 10.9 Å². The van der Waals surface area contributed by atoms with E-state index in [9.17, 15) is 9.90 Å². The van der Waals surface area contributed by atoms with Gasteiger partial charge in [-0.2, -0.15) is 4.98 Å². The number of hydrogen-bond acceptors (Lipinski definition) is 5. The van der Waals surface area contributed by atoms with Gasteiger partial charge in [0.15, 0.2) is 6.04 Å². The molecule has 0 amide bonds. The van der Waals surface area contributed by atoms with Gasteiger partial charge in [0, 0.05) is 17.5 Å². The van der Waals surface area contributed by atoms with Gasteiger partial charge in [0.1, 0.15) is 5.82 Å². The smallest absolute Gasteiger partial charge is 0.328 e. The van der Waals surface area contributed by atoms with Crippen molar-refractivity contribution in [2.75, 3.05) is 5.73 Å². The van der Waals surface area contributed by atoms with Gasteiger partial charge < -0.3 is 10.8 Å². The second-order valence-electron chi connectivity index (χ2n) is 5.71. The van der Waals surface area contributed by atoms with E-state index in [0.29, 0.717) is 18.7 Å². The van der Waals surface area contributed by atoms with Crippen molar-refractivity contribution in [1.82, 2.24) is 19.7 Å². The van der Waals surface area contributed by atoms with E-state index in [4.69, 9.17) is 5.73 Å². The third-order valence-corrected chi connectivity index (χ3v) is 4.32. The molecule has 0 bridgehead atoms. The summed E-state index contributed by atoms with van der Waals surface area (Å²) in [5, 5.41) is 14.5. The highest BCUT2D eigenvalue weighted by atomic mass is 16.4. The molecule has 0 aliphatic carbocycles. The van der Waals surface area contributed by atoms with Crippen LogP contribution in [0.4, 0.5) is 5.95 Å². The number of nitrogen functional groups attached to an aromatic ring is 1. The van der Waals surface area contributed by atoms with Crippen molar-refractivity contribution < 1.29 is 9.90 Å². The summed E-state index contributed by atoms with van der Waals surface area (Å²) in [5.41, 5.74) is 7.71. The van der Waals surface area contributed by atoms with E-state index >= 15 is 0 Å². The number of carboxylic acids is 1. The van der Waals surface area contributed by atoms with Crippen molar-refractivity contribution in [1.29, 1.82) is 0 Å². The highest BCUT2D eigenvalue weighted by Crippen LogP contribution is 2.37. The Hall–Kier alpha value is -2.96. The molecule has 4 rings (SSSR count). The highest BCUT2D eigenvalue weighted by molar-refractivity contribution is 5.79. The first-order valence-electron chi connectivity index (χ1n) is 7.43. The minimum absolute atomic E-state index is 0.0139. The molecular formula is C16H15N5O2. The third-order valence-electron chi connectivity index (χ3n) is 4.32. The molecule has 1 aliphatic rings. The van der Waals surface area contributed by atoms with Gasteiger partial charge in [-0.25, -0.2) is 9.48 Å². The molecule has 0 radical (unpaired) electrons. The molecule has 116 valence electrons. The largest absolute Gasteiger partial charge is 0.480 e. The van der Waals surface area contributed by atoms with Crippen molar-refractivity contribution in [3.8, 4) is 0 Å². The summed E-state index contributed by atoms with van der Waals surface area (Å²) in [4.78, 5) is 20.0. The predicted octanol–water partition coefficient (Wildman–Crippen LogP) is 1.96. The van der Waals surface area contributed by atoms with E-state index < -0.39 is 12.0 Å². The Morgan fingerprint density at radius 2 is 2.17 bits per heavy atom. The maximum atomic E-state index is 11.4. The van der Waals surface area contributed by atoms with Gasteiger partial charge in [-0.1, -0.05) is 12.1 Å². The maximum Gasteiger partial charge on any atom is 0.328 e. The molecule has 2 unspecified atom stereocenters. The molecule has 1 aliphatic heterocycles. The standard InChI is InChI=1S/C16H15N5O2/c17-16-19-14-11(4-6-13(15(22)23)21(14)20-16)9-3-5-12-10(8-9)2-1-7-18-12/h1-3,5,7-8,11,13H,4,6H2,(H2,17,20)(H,22,23). The molecule has 0 saturated heterocycles. The number of pyridine rings is 1. The lowest BCUT2D eigenvalue weighted by Gasteiger charge is -2.27. The van der Waals surface area contributed by atoms with Crippen molar-refractivity contribution in [2.45, 2.75) is 24.8 Å². The Morgan fingerprint density at radius 1 is 1.30 bits per heavy atom. The molecule has 2 aromatic heterocycles. The number of benzene rings is 1. The van der Waals surface area contributed by atoms with E-state index in [2.05, 4.69) is 21.1 Å². The van der Waals surface area contributed by atoms with Gasteiger partial charge in [-0.05, 0) is 36.6 Å². The number of carbonyl (C=O) groups is 1. The Balaban J connectivity index is 1.81. The van der Waals surface area contributed by atoms with Gasteiger partial charge in [-0.15, -0.1) is 5.10 Å². The van der Waals surface area contributed by atoms with Crippen LogP contribution in [0.3, 0.4) is 0 Å². The van der Waals surface area contributed by atoms with E-state index in [1.54, 1.807) is 6.20 Å². The van der Waals surface area contributed by atoms with Crippen LogP contribution in [-0.4, -0.2) is 30.8 Å². The topological polar surface area (TPSA) is 107 Å². The van der Waals surface area contributed by atoms with Crippen LogP contribution in [0.5, 0.6) is 0 Å². The van der Waals surface area contributed by atoms with E-state index in [1.165, 1.54) is 4.68 Å². The number of rotatable bonds is 2. The summed E-state index contributed by atoms with van der Waals surface area (Å²) in [5.74, 6) is -0.192. The molecule has 3 N–H and O–H groups in total. The molecule has 3 heterocycles. The molecule has 0 spiro atoms. The molecular weight excluding hydrogens is 294 g/mol. The monoisotopic (exact) mass is 309 g/mol. The first kappa shape index (κ1) is 13.7. The number of aromatic nitrogens is 4. The molecule has 0 fully saturated rings. The normalized spacial score (nSPS) is 20.3. The van der Waals surface area contributed by atoms with Crippen LogP contribution in [0.1, 0.15) is 36.2 Å². The van der Waals surface area contributed by atoms with Gasteiger partial charge >= 0.3 is 5.97 Å². The Kier molecular flexibility index (Phi) is 3.00. The highest BCUT2D eigenvalue weighted by Gasteiger charge is 2.34.